The highest BCUT2D eigenvalue weighted by atomic mass is 14.9. The summed E-state index contributed by atoms with van der Waals surface area (Å²) in [6.07, 6.45) is 5.17. The van der Waals surface area contributed by atoms with Crippen LogP contribution in [0, 0.1) is 11.8 Å². The van der Waals surface area contributed by atoms with Crippen LogP contribution in [0.25, 0.3) is 0 Å². The molecule has 1 N–H and O–H groups in total. The first-order valence-corrected chi connectivity index (χ1v) is 4.06. The minimum Gasteiger partial charge on any atom is -0.313 e. The average molecular weight is 137 g/mol. The smallest absolute Gasteiger partial charge is 0.0214 e. The molecular weight excluding hydrogens is 122 g/mol. The van der Waals surface area contributed by atoms with Crippen LogP contribution in [0.15, 0.2) is 0 Å². The second-order valence-electron chi connectivity index (χ2n) is 2.76. The van der Waals surface area contributed by atoms with Crippen LogP contribution in [-0.2, 0) is 0 Å². The summed E-state index contributed by atoms with van der Waals surface area (Å²) in [4.78, 5) is 0. The van der Waals surface area contributed by atoms with Crippen molar-refractivity contribution in [3.05, 3.63) is 0 Å². The molecule has 0 aromatic carbocycles. The Hall–Kier alpha value is -0.480. The molecule has 0 bridgehead atoms. The summed E-state index contributed by atoms with van der Waals surface area (Å²) in [7, 11) is 0. The lowest BCUT2D eigenvalue weighted by molar-refractivity contribution is 0.343. The Morgan fingerprint density at radius 2 is 2.30 bits per heavy atom. The first-order valence-electron chi connectivity index (χ1n) is 4.06. The van der Waals surface area contributed by atoms with E-state index in [0.717, 1.165) is 19.0 Å². The summed E-state index contributed by atoms with van der Waals surface area (Å²) in [5.74, 6) is 5.93. The fourth-order valence-electron chi connectivity index (χ4n) is 1.08. The molecule has 0 aromatic heterocycles. The van der Waals surface area contributed by atoms with Gasteiger partial charge in [-0.3, -0.25) is 0 Å². The summed E-state index contributed by atoms with van der Waals surface area (Å²) in [6, 6.07) is 0.818. The molecule has 0 aliphatic heterocycles. The molecule has 0 saturated heterocycles. The molecule has 0 unspecified atom stereocenters. The predicted octanol–water partition coefficient (Wildman–Crippen LogP) is 1.54. The number of hydrogen-bond acceptors (Lipinski definition) is 1. The van der Waals surface area contributed by atoms with Gasteiger partial charge in [0.25, 0.3) is 0 Å². The van der Waals surface area contributed by atoms with E-state index in [0.29, 0.717) is 0 Å². The molecule has 1 aliphatic rings. The molecule has 10 heavy (non-hydrogen) atoms. The Kier molecular flexibility index (Phi) is 3.32. The molecular formula is C9H15N. The van der Waals surface area contributed by atoms with Gasteiger partial charge < -0.3 is 5.32 Å². The van der Waals surface area contributed by atoms with E-state index in [4.69, 9.17) is 0 Å². The highest BCUT2D eigenvalue weighted by molar-refractivity contribution is 4.95. The van der Waals surface area contributed by atoms with Crippen LogP contribution < -0.4 is 5.32 Å². The van der Waals surface area contributed by atoms with E-state index < -0.39 is 0 Å². The van der Waals surface area contributed by atoms with Crippen molar-refractivity contribution < 1.29 is 0 Å². The lowest BCUT2D eigenvalue weighted by Crippen LogP contribution is -2.35. The zero-order valence-electron chi connectivity index (χ0n) is 6.61. The van der Waals surface area contributed by atoms with E-state index in [-0.39, 0.29) is 0 Å². The van der Waals surface area contributed by atoms with Gasteiger partial charge in [0, 0.05) is 19.0 Å². The van der Waals surface area contributed by atoms with E-state index >= 15 is 0 Å². The molecule has 0 aromatic rings. The van der Waals surface area contributed by atoms with Gasteiger partial charge in [-0.1, -0.05) is 6.42 Å². The number of rotatable bonds is 3. The second kappa shape index (κ2) is 4.35. The van der Waals surface area contributed by atoms with Gasteiger partial charge in [0.15, 0.2) is 0 Å². The first-order chi connectivity index (χ1) is 4.93. The Morgan fingerprint density at radius 3 is 2.80 bits per heavy atom. The maximum atomic E-state index is 3.45. The largest absolute Gasteiger partial charge is 0.313 e. The second-order valence-corrected chi connectivity index (χ2v) is 2.76. The van der Waals surface area contributed by atoms with Gasteiger partial charge in [0.2, 0.25) is 0 Å². The van der Waals surface area contributed by atoms with Gasteiger partial charge >= 0.3 is 0 Å². The van der Waals surface area contributed by atoms with E-state index in [1.807, 2.05) is 6.92 Å². The minimum atomic E-state index is 0.818. The van der Waals surface area contributed by atoms with Crippen molar-refractivity contribution in [1.29, 1.82) is 0 Å². The predicted molar refractivity (Wildman–Crippen MR) is 43.7 cm³/mol. The van der Waals surface area contributed by atoms with Crippen LogP contribution in [-0.4, -0.2) is 12.6 Å². The van der Waals surface area contributed by atoms with E-state index in [1.54, 1.807) is 0 Å². The average Bonchev–Trinajstić information content (AvgIpc) is 1.84. The molecule has 1 fully saturated rings. The maximum Gasteiger partial charge on any atom is 0.0214 e. The van der Waals surface area contributed by atoms with Gasteiger partial charge in [0.05, 0.1) is 0 Å². The Morgan fingerprint density at radius 1 is 1.50 bits per heavy atom. The van der Waals surface area contributed by atoms with Crippen LogP contribution in [0.4, 0.5) is 0 Å². The highest BCUT2D eigenvalue weighted by Crippen LogP contribution is 2.17. The number of nitrogens with one attached hydrogen (secondary N) is 1. The molecule has 0 radical (unpaired) electrons. The third-order valence-corrected chi connectivity index (χ3v) is 1.96. The molecule has 1 aliphatic carbocycles. The Balaban J connectivity index is 1.88. The molecule has 1 heteroatoms. The van der Waals surface area contributed by atoms with Crippen molar-refractivity contribution in [2.45, 2.75) is 38.6 Å². The van der Waals surface area contributed by atoms with Crippen LogP contribution in [0.5, 0.6) is 0 Å². The van der Waals surface area contributed by atoms with Crippen molar-refractivity contribution in [2.24, 2.45) is 0 Å². The lowest BCUT2D eigenvalue weighted by Gasteiger charge is -2.26. The van der Waals surface area contributed by atoms with Crippen molar-refractivity contribution in [1.82, 2.24) is 5.32 Å². The van der Waals surface area contributed by atoms with E-state index in [2.05, 4.69) is 17.2 Å². The summed E-state index contributed by atoms with van der Waals surface area (Å²) >= 11 is 0. The normalized spacial score (nSPS) is 17.3. The SMILES string of the molecule is CC#CCCNC1CCC1. The highest BCUT2D eigenvalue weighted by Gasteiger charge is 2.14. The molecule has 0 heterocycles. The molecule has 56 valence electrons. The standard InChI is InChI=1S/C9H15N/c1-2-3-4-8-10-9-6-5-7-9/h9-10H,4-8H2,1H3. The van der Waals surface area contributed by atoms with Gasteiger partial charge in [0.1, 0.15) is 0 Å². The van der Waals surface area contributed by atoms with E-state index in [9.17, 15) is 0 Å². The molecule has 1 rings (SSSR count). The molecule has 0 atom stereocenters. The maximum absolute atomic E-state index is 3.45. The quantitative estimate of drug-likeness (QED) is 0.459. The Bertz CT molecular complexity index is 137. The fourth-order valence-corrected chi connectivity index (χ4v) is 1.08. The third-order valence-electron chi connectivity index (χ3n) is 1.96. The van der Waals surface area contributed by atoms with Crippen molar-refractivity contribution in [3.63, 3.8) is 0 Å². The zero-order chi connectivity index (χ0) is 7.23. The van der Waals surface area contributed by atoms with Gasteiger partial charge in [-0.05, 0) is 19.8 Å². The first kappa shape index (κ1) is 7.63. The van der Waals surface area contributed by atoms with Crippen molar-refractivity contribution in [3.8, 4) is 11.8 Å². The van der Waals surface area contributed by atoms with Crippen molar-refractivity contribution >= 4 is 0 Å². The molecule has 1 saturated carbocycles. The fraction of sp³-hybridized carbons (Fsp3) is 0.778. The minimum absolute atomic E-state index is 0.818. The third kappa shape index (κ3) is 2.41. The van der Waals surface area contributed by atoms with Crippen LogP contribution in [0.3, 0.4) is 0 Å². The number of hydrogen-bond donors (Lipinski definition) is 1. The van der Waals surface area contributed by atoms with Crippen LogP contribution in [0.1, 0.15) is 32.6 Å². The van der Waals surface area contributed by atoms with Gasteiger partial charge in [-0.2, -0.15) is 0 Å². The molecule has 0 spiro atoms. The zero-order valence-corrected chi connectivity index (χ0v) is 6.61. The topological polar surface area (TPSA) is 12.0 Å². The summed E-state index contributed by atoms with van der Waals surface area (Å²) in [5.41, 5.74) is 0. The molecule has 0 amide bonds. The van der Waals surface area contributed by atoms with Gasteiger partial charge in [-0.25, -0.2) is 0 Å². The summed E-state index contributed by atoms with van der Waals surface area (Å²) < 4.78 is 0. The van der Waals surface area contributed by atoms with E-state index in [1.165, 1.54) is 19.3 Å². The van der Waals surface area contributed by atoms with Gasteiger partial charge in [-0.15, -0.1) is 11.8 Å². The van der Waals surface area contributed by atoms with Crippen molar-refractivity contribution in [2.75, 3.05) is 6.54 Å². The summed E-state index contributed by atoms with van der Waals surface area (Å²) in [5, 5.41) is 3.45. The Labute approximate surface area is 63.2 Å². The summed E-state index contributed by atoms with van der Waals surface area (Å²) in [6.45, 7) is 2.97. The van der Waals surface area contributed by atoms with Crippen LogP contribution in [0.2, 0.25) is 0 Å². The lowest BCUT2D eigenvalue weighted by atomic mass is 9.93. The van der Waals surface area contributed by atoms with Crippen LogP contribution >= 0.6 is 0 Å². The molecule has 1 nitrogen and oxygen atoms in total. The monoisotopic (exact) mass is 137 g/mol.